The third-order valence-corrected chi connectivity index (χ3v) is 5.42. The Kier molecular flexibility index (Phi) is 3.40. The van der Waals surface area contributed by atoms with Gasteiger partial charge in [-0.05, 0) is 31.4 Å². The van der Waals surface area contributed by atoms with Crippen molar-refractivity contribution in [3.8, 4) is 0 Å². The monoisotopic (exact) mass is 254 g/mol. The number of hydrogen-bond acceptors (Lipinski definition) is 3. The van der Waals surface area contributed by atoms with Gasteiger partial charge in [-0.25, -0.2) is 8.42 Å². The van der Waals surface area contributed by atoms with Crippen LogP contribution in [0.25, 0.3) is 0 Å². The van der Waals surface area contributed by atoms with Gasteiger partial charge in [-0.15, -0.1) is 0 Å². The Balaban J connectivity index is 2.43. The SMILES string of the molecule is CC(CN)S(=O)(=O)N1CCCc2ccccc21. The molecule has 94 valence electrons. The van der Waals surface area contributed by atoms with Crippen LogP contribution in [0.5, 0.6) is 0 Å². The van der Waals surface area contributed by atoms with Crippen LogP contribution in [0.15, 0.2) is 24.3 Å². The maximum atomic E-state index is 12.3. The summed E-state index contributed by atoms with van der Waals surface area (Å²) in [5.41, 5.74) is 7.40. The van der Waals surface area contributed by atoms with E-state index < -0.39 is 15.3 Å². The van der Waals surface area contributed by atoms with Crippen LogP contribution >= 0.6 is 0 Å². The molecule has 0 saturated heterocycles. The first kappa shape index (κ1) is 12.4. The summed E-state index contributed by atoms with van der Waals surface area (Å²) in [7, 11) is -3.32. The second-order valence-electron chi connectivity index (χ2n) is 4.40. The second kappa shape index (κ2) is 4.66. The first-order valence-electron chi connectivity index (χ1n) is 5.87. The van der Waals surface area contributed by atoms with Gasteiger partial charge in [0.1, 0.15) is 0 Å². The first-order chi connectivity index (χ1) is 8.07. The summed E-state index contributed by atoms with van der Waals surface area (Å²) in [6.45, 7) is 2.37. The van der Waals surface area contributed by atoms with E-state index in [0.717, 1.165) is 24.1 Å². The van der Waals surface area contributed by atoms with Gasteiger partial charge in [0.15, 0.2) is 0 Å². The number of para-hydroxylation sites is 1. The summed E-state index contributed by atoms with van der Waals surface area (Å²) < 4.78 is 26.2. The minimum Gasteiger partial charge on any atom is -0.329 e. The van der Waals surface area contributed by atoms with Crippen molar-refractivity contribution in [1.82, 2.24) is 0 Å². The number of nitrogens with two attached hydrogens (primary N) is 1. The van der Waals surface area contributed by atoms with Crippen LogP contribution in [0.3, 0.4) is 0 Å². The van der Waals surface area contributed by atoms with Gasteiger partial charge in [-0.2, -0.15) is 0 Å². The predicted octanol–water partition coefficient (Wildman–Crippen LogP) is 1.12. The summed E-state index contributed by atoms with van der Waals surface area (Å²) in [5, 5.41) is -0.534. The molecule has 5 heteroatoms. The average molecular weight is 254 g/mol. The van der Waals surface area contributed by atoms with Crippen molar-refractivity contribution in [3.63, 3.8) is 0 Å². The fraction of sp³-hybridized carbons (Fsp3) is 0.500. The highest BCUT2D eigenvalue weighted by Gasteiger charge is 2.31. The zero-order valence-electron chi connectivity index (χ0n) is 9.96. The Labute approximate surface area is 102 Å². The van der Waals surface area contributed by atoms with Gasteiger partial charge in [-0.3, -0.25) is 4.31 Å². The molecule has 2 N–H and O–H groups in total. The highest BCUT2D eigenvalue weighted by Crippen LogP contribution is 2.30. The lowest BCUT2D eigenvalue weighted by Gasteiger charge is -2.32. The molecule has 1 aliphatic rings. The van der Waals surface area contributed by atoms with Gasteiger partial charge in [-0.1, -0.05) is 18.2 Å². The third kappa shape index (κ3) is 2.17. The lowest BCUT2D eigenvalue weighted by molar-refractivity contribution is 0.574. The molecule has 0 spiro atoms. The lowest BCUT2D eigenvalue weighted by atomic mass is 10.0. The number of anilines is 1. The number of sulfonamides is 1. The molecule has 1 heterocycles. The van der Waals surface area contributed by atoms with Crippen LogP contribution in [0, 0.1) is 0 Å². The molecule has 4 nitrogen and oxygen atoms in total. The number of benzene rings is 1. The van der Waals surface area contributed by atoms with Crippen molar-refractivity contribution >= 4 is 15.7 Å². The predicted molar refractivity (Wildman–Crippen MR) is 69.5 cm³/mol. The Morgan fingerprint density at radius 3 is 2.82 bits per heavy atom. The Morgan fingerprint density at radius 1 is 1.41 bits per heavy atom. The normalized spacial score (nSPS) is 17.6. The molecule has 0 fully saturated rings. The number of aryl methyl sites for hydroxylation is 1. The zero-order chi connectivity index (χ0) is 12.5. The van der Waals surface area contributed by atoms with Crippen LogP contribution in [0.2, 0.25) is 0 Å². The summed E-state index contributed by atoms with van der Waals surface area (Å²) in [6.07, 6.45) is 1.81. The van der Waals surface area contributed by atoms with Crippen molar-refractivity contribution in [2.24, 2.45) is 5.73 Å². The molecule has 0 amide bonds. The van der Waals surface area contributed by atoms with Gasteiger partial charge < -0.3 is 5.73 Å². The fourth-order valence-corrected chi connectivity index (χ4v) is 3.62. The van der Waals surface area contributed by atoms with Crippen molar-refractivity contribution < 1.29 is 8.42 Å². The molecule has 1 aliphatic heterocycles. The van der Waals surface area contributed by atoms with Gasteiger partial charge in [0.2, 0.25) is 10.0 Å². The molecule has 0 bridgehead atoms. The number of fused-ring (bicyclic) bond motifs is 1. The molecule has 1 aromatic carbocycles. The van der Waals surface area contributed by atoms with E-state index in [9.17, 15) is 8.42 Å². The van der Waals surface area contributed by atoms with Crippen LogP contribution in [0.4, 0.5) is 5.69 Å². The van der Waals surface area contributed by atoms with E-state index in [2.05, 4.69) is 0 Å². The van der Waals surface area contributed by atoms with Crippen LogP contribution in [0.1, 0.15) is 18.9 Å². The van der Waals surface area contributed by atoms with E-state index in [0.29, 0.717) is 6.54 Å². The van der Waals surface area contributed by atoms with E-state index in [1.165, 1.54) is 4.31 Å². The minimum absolute atomic E-state index is 0.154. The fourth-order valence-electron chi connectivity index (χ4n) is 2.10. The van der Waals surface area contributed by atoms with E-state index >= 15 is 0 Å². The smallest absolute Gasteiger partial charge is 0.239 e. The Hall–Kier alpha value is -1.07. The molecule has 0 radical (unpaired) electrons. The van der Waals surface area contributed by atoms with E-state index in [4.69, 9.17) is 5.73 Å². The average Bonchev–Trinajstić information content (AvgIpc) is 2.37. The lowest BCUT2D eigenvalue weighted by Crippen LogP contribution is -2.43. The summed E-state index contributed by atoms with van der Waals surface area (Å²) in [6, 6.07) is 7.68. The minimum atomic E-state index is -3.32. The molecule has 1 atom stereocenters. The highest BCUT2D eigenvalue weighted by atomic mass is 32.2. The molecular formula is C12H18N2O2S. The van der Waals surface area contributed by atoms with E-state index in [1.807, 2.05) is 24.3 Å². The van der Waals surface area contributed by atoms with Gasteiger partial charge in [0.05, 0.1) is 10.9 Å². The maximum Gasteiger partial charge on any atom is 0.239 e. The largest absolute Gasteiger partial charge is 0.329 e. The van der Waals surface area contributed by atoms with Crippen LogP contribution in [-0.4, -0.2) is 26.8 Å². The second-order valence-corrected chi connectivity index (χ2v) is 6.67. The zero-order valence-corrected chi connectivity index (χ0v) is 10.8. The summed E-state index contributed by atoms with van der Waals surface area (Å²) >= 11 is 0. The van der Waals surface area contributed by atoms with Crippen molar-refractivity contribution in [1.29, 1.82) is 0 Å². The quantitative estimate of drug-likeness (QED) is 0.879. The van der Waals surface area contributed by atoms with E-state index in [-0.39, 0.29) is 6.54 Å². The Bertz CT molecular complexity index is 499. The molecule has 1 unspecified atom stereocenters. The van der Waals surface area contributed by atoms with Crippen molar-refractivity contribution in [2.45, 2.75) is 25.0 Å². The van der Waals surface area contributed by atoms with E-state index in [1.54, 1.807) is 6.92 Å². The molecule has 1 aromatic rings. The molecule has 0 aliphatic carbocycles. The van der Waals surface area contributed by atoms with Crippen LogP contribution in [-0.2, 0) is 16.4 Å². The standard InChI is InChI=1S/C12H18N2O2S/c1-10(9-13)17(15,16)14-8-4-6-11-5-2-3-7-12(11)14/h2-3,5,7,10H,4,6,8-9,13H2,1H3. The van der Waals surface area contributed by atoms with Crippen molar-refractivity contribution in [3.05, 3.63) is 29.8 Å². The van der Waals surface area contributed by atoms with Crippen molar-refractivity contribution in [2.75, 3.05) is 17.4 Å². The highest BCUT2D eigenvalue weighted by molar-refractivity contribution is 7.93. The maximum absolute atomic E-state index is 12.3. The topological polar surface area (TPSA) is 63.4 Å². The molecule has 0 saturated carbocycles. The molecule has 2 rings (SSSR count). The summed E-state index contributed by atoms with van der Waals surface area (Å²) in [4.78, 5) is 0. The molecular weight excluding hydrogens is 236 g/mol. The van der Waals surface area contributed by atoms with Gasteiger partial charge in [0.25, 0.3) is 0 Å². The van der Waals surface area contributed by atoms with Crippen LogP contribution < -0.4 is 10.0 Å². The number of nitrogens with zero attached hydrogens (tertiary/aromatic N) is 1. The molecule has 17 heavy (non-hydrogen) atoms. The third-order valence-electron chi connectivity index (χ3n) is 3.22. The summed E-state index contributed by atoms with van der Waals surface area (Å²) in [5.74, 6) is 0. The number of hydrogen-bond donors (Lipinski definition) is 1. The Morgan fingerprint density at radius 2 is 2.12 bits per heavy atom. The molecule has 0 aromatic heterocycles. The number of rotatable bonds is 3. The first-order valence-corrected chi connectivity index (χ1v) is 7.37. The van der Waals surface area contributed by atoms with Gasteiger partial charge >= 0.3 is 0 Å². The van der Waals surface area contributed by atoms with Gasteiger partial charge in [0, 0.05) is 13.1 Å².